The van der Waals surface area contributed by atoms with Crippen LogP contribution < -0.4 is 11.5 Å². The molecule has 0 bridgehead atoms. The average molecular weight is 186 g/mol. The zero-order chi connectivity index (χ0) is 10.1. The molecule has 0 heterocycles. The standard InChI is InChI=1S/C12H14N2/c1-2-8-7-11(13)9-5-3-4-6-10(9)12(8)14/h3-7H,2,13-14H2,1H3. The molecular weight excluding hydrogens is 172 g/mol. The third-order valence-corrected chi connectivity index (χ3v) is 2.58. The lowest BCUT2D eigenvalue weighted by molar-refractivity contribution is 1.15. The topological polar surface area (TPSA) is 52.0 Å². The minimum Gasteiger partial charge on any atom is -0.398 e. The molecule has 0 aliphatic carbocycles. The Bertz CT molecular complexity index is 475. The summed E-state index contributed by atoms with van der Waals surface area (Å²) in [5, 5.41) is 2.10. The van der Waals surface area contributed by atoms with Gasteiger partial charge in [-0.15, -0.1) is 0 Å². The van der Waals surface area contributed by atoms with Gasteiger partial charge in [0.05, 0.1) is 0 Å². The lowest BCUT2D eigenvalue weighted by Crippen LogP contribution is -1.97. The smallest absolute Gasteiger partial charge is 0.0427 e. The Labute approximate surface area is 83.5 Å². The van der Waals surface area contributed by atoms with Crippen molar-refractivity contribution in [1.29, 1.82) is 0 Å². The summed E-state index contributed by atoms with van der Waals surface area (Å²) in [7, 11) is 0. The lowest BCUT2D eigenvalue weighted by atomic mass is 10.0. The first kappa shape index (κ1) is 8.88. The Morgan fingerprint density at radius 2 is 1.71 bits per heavy atom. The molecule has 0 aromatic heterocycles. The highest BCUT2D eigenvalue weighted by Gasteiger charge is 2.05. The van der Waals surface area contributed by atoms with Crippen molar-refractivity contribution in [1.82, 2.24) is 0 Å². The van der Waals surface area contributed by atoms with Crippen molar-refractivity contribution in [3.05, 3.63) is 35.9 Å². The summed E-state index contributed by atoms with van der Waals surface area (Å²) in [6.07, 6.45) is 0.918. The second kappa shape index (κ2) is 3.22. The molecule has 0 unspecified atom stereocenters. The van der Waals surface area contributed by atoms with Crippen molar-refractivity contribution in [2.24, 2.45) is 0 Å². The first-order valence-corrected chi connectivity index (χ1v) is 4.79. The van der Waals surface area contributed by atoms with E-state index in [0.29, 0.717) is 0 Å². The third kappa shape index (κ3) is 1.20. The third-order valence-electron chi connectivity index (χ3n) is 2.58. The maximum Gasteiger partial charge on any atom is 0.0427 e. The quantitative estimate of drug-likeness (QED) is 0.672. The van der Waals surface area contributed by atoms with Gasteiger partial charge in [-0.2, -0.15) is 0 Å². The van der Waals surface area contributed by atoms with E-state index >= 15 is 0 Å². The highest BCUT2D eigenvalue weighted by Crippen LogP contribution is 2.29. The van der Waals surface area contributed by atoms with E-state index in [1.54, 1.807) is 0 Å². The number of hydrogen-bond donors (Lipinski definition) is 2. The van der Waals surface area contributed by atoms with Crippen LogP contribution in [0.15, 0.2) is 30.3 Å². The van der Waals surface area contributed by atoms with E-state index in [9.17, 15) is 0 Å². The zero-order valence-electron chi connectivity index (χ0n) is 8.25. The molecule has 0 radical (unpaired) electrons. The van der Waals surface area contributed by atoms with Gasteiger partial charge < -0.3 is 11.5 Å². The number of nitrogen functional groups attached to an aromatic ring is 2. The minimum atomic E-state index is 0.812. The molecule has 0 aliphatic rings. The predicted octanol–water partition coefficient (Wildman–Crippen LogP) is 2.57. The van der Waals surface area contributed by atoms with Crippen LogP contribution in [0.3, 0.4) is 0 Å². The first-order valence-electron chi connectivity index (χ1n) is 4.79. The maximum atomic E-state index is 6.04. The Morgan fingerprint density at radius 3 is 2.36 bits per heavy atom. The number of rotatable bonds is 1. The van der Waals surface area contributed by atoms with Gasteiger partial charge in [0, 0.05) is 22.1 Å². The summed E-state index contributed by atoms with van der Waals surface area (Å²) < 4.78 is 0. The van der Waals surface area contributed by atoms with Gasteiger partial charge >= 0.3 is 0 Å². The van der Waals surface area contributed by atoms with Crippen molar-refractivity contribution in [2.75, 3.05) is 11.5 Å². The molecule has 0 spiro atoms. The fourth-order valence-corrected chi connectivity index (χ4v) is 1.78. The Balaban J connectivity index is 2.87. The van der Waals surface area contributed by atoms with E-state index in [0.717, 1.165) is 34.1 Å². The first-order chi connectivity index (χ1) is 6.74. The molecule has 72 valence electrons. The number of nitrogens with two attached hydrogens (primary N) is 2. The van der Waals surface area contributed by atoms with Crippen molar-refractivity contribution in [3.8, 4) is 0 Å². The zero-order valence-corrected chi connectivity index (χ0v) is 8.25. The molecule has 0 aliphatic heterocycles. The molecule has 4 N–H and O–H groups in total. The van der Waals surface area contributed by atoms with Gasteiger partial charge in [0.2, 0.25) is 0 Å². The normalized spacial score (nSPS) is 10.6. The molecule has 0 saturated heterocycles. The van der Waals surface area contributed by atoms with E-state index in [1.807, 2.05) is 30.3 Å². The van der Waals surface area contributed by atoms with E-state index < -0.39 is 0 Å². The van der Waals surface area contributed by atoms with Crippen LogP contribution >= 0.6 is 0 Å². The Kier molecular flexibility index (Phi) is 2.04. The summed E-state index contributed by atoms with van der Waals surface area (Å²) in [4.78, 5) is 0. The SMILES string of the molecule is CCc1cc(N)c2ccccc2c1N. The second-order valence-corrected chi connectivity index (χ2v) is 3.44. The van der Waals surface area contributed by atoms with Gasteiger partial charge in [0.15, 0.2) is 0 Å². The Morgan fingerprint density at radius 1 is 1.07 bits per heavy atom. The van der Waals surface area contributed by atoms with Gasteiger partial charge in [-0.1, -0.05) is 31.2 Å². The number of fused-ring (bicyclic) bond motifs is 1. The Hall–Kier alpha value is -1.70. The van der Waals surface area contributed by atoms with Crippen molar-refractivity contribution < 1.29 is 0 Å². The molecular formula is C12H14N2. The number of anilines is 2. The lowest BCUT2D eigenvalue weighted by Gasteiger charge is -2.09. The molecule has 2 heteroatoms. The number of aryl methyl sites for hydroxylation is 1. The molecule has 0 atom stereocenters. The van der Waals surface area contributed by atoms with Crippen LogP contribution in [0.1, 0.15) is 12.5 Å². The van der Waals surface area contributed by atoms with Crippen LogP contribution in [0, 0.1) is 0 Å². The van der Waals surface area contributed by atoms with E-state index in [-0.39, 0.29) is 0 Å². The van der Waals surface area contributed by atoms with Crippen LogP contribution in [0.2, 0.25) is 0 Å². The van der Waals surface area contributed by atoms with Crippen molar-refractivity contribution >= 4 is 22.1 Å². The van der Waals surface area contributed by atoms with Gasteiger partial charge in [-0.3, -0.25) is 0 Å². The van der Waals surface area contributed by atoms with Crippen LogP contribution in [0.25, 0.3) is 10.8 Å². The summed E-state index contributed by atoms with van der Waals surface area (Å²) in [6, 6.07) is 9.94. The monoisotopic (exact) mass is 186 g/mol. The van der Waals surface area contributed by atoms with E-state index in [4.69, 9.17) is 11.5 Å². The molecule has 0 amide bonds. The van der Waals surface area contributed by atoms with Gasteiger partial charge in [0.1, 0.15) is 0 Å². The molecule has 0 fully saturated rings. The maximum absolute atomic E-state index is 6.04. The fraction of sp³-hybridized carbons (Fsp3) is 0.167. The van der Waals surface area contributed by atoms with Gasteiger partial charge in [-0.05, 0) is 18.1 Å². The molecule has 14 heavy (non-hydrogen) atoms. The van der Waals surface area contributed by atoms with Crippen LogP contribution in [0.5, 0.6) is 0 Å². The largest absolute Gasteiger partial charge is 0.398 e. The molecule has 0 saturated carbocycles. The number of benzene rings is 2. The van der Waals surface area contributed by atoms with Crippen molar-refractivity contribution in [2.45, 2.75) is 13.3 Å². The van der Waals surface area contributed by atoms with Gasteiger partial charge in [-0.25, -0.2) is 0 Å². The summed E-state index contributed by atoms with van der Waals surface area (Å²) in [5.41, 5.74) is 14.8. The molecule has 2 aromatic carbocycles. The van der Waals surface area contributed by atoms with E-state index in [1.165, 1.54) is 0 Å². The highest BCUT2D eigenvalue weighted by atomic mass is 14.6. The van der Waals surface area contributed by atoms with Crippen LogP contribution in [-0.2, 0) is 6.42 Å². The summed E-state index contributed by atoms with van der Waals surface area (Å²) in [5.74, 6) is 0. The van der Waals surface area contributed by atoms with Crippen LogP contribution in [-0.4, -0.2) is 0 Å². The fourth-order valence-electron chi connectivity index (χ4n) is 1.78. The van der Waals surface area contributed by atoms with Crippen molar-refractivity contribution in [3.63, 3.8) is 0 Å². The average Bonchev–Trinajstić information content (AvgIpc) is 2.23. The van der Waals surface area contributed by atoms with Gasteiger partial charge in [0.25, 0.3) is 0 Å². The second-order valence-electron chi connectivity index (χ2n) is 3.44. The van der Waals surface area contributed by atoms with E-state index in [2.05, 4.69) is 6.92 Å². The molecule has 2 rings (SSSR count). The van der Waals surface area contributed by atoms with Crippen LogP contribution in [0.4, 0.5) is 11.4 Å². The minimum absolute atomic E-state index is 0.812. The summed E-state index contributed by atoms with van der Waals surface area (Å²) >= 11 is 0. The molecule has 2 aromatic rings. The predicted molar refractivity (Wildman–Crippen MR) is 62.2 cm³/mol. The highest BCUT2D eigenvalue weighted by molar-refractivity contribution is 6.01. The molecule has 2 nitrogen and oxygen atoms in total. The number of hydrogen-bond acceptors (Lipinski definition) is 2. The summed E-state index contributed by atoms with van der Waals surface area (Å²) in [6.45, 7) is 2.08.